The molecule has 1 unspecified atom stereocenters. The zero-order valence-corrected chi connectivity index (χ0v) is 13.7. The van der Waals surface area contributed by atoms with Crippen LogP contribution in [-0.4, -0.2) is 41.6 Å². The second-order valence-corrected chi connectivity index (χ2v) is 7.11. The SMILES string of the molecule is CC(C)CCN(C)C(=O)NC(CC(=O)O)CC(C)(C)C. The molecule has 5 nitrogen and oxygen atoms in total. The Bertz CT molecular complexity index is 322. The van der Waals surface area contributed by atoms with Gasteiger partial charge in [0, 0.05) is 19.6 Å². The number of nitrogens with one attached hydrogen (secondary N) is 1. The summed E-state index contributed by atoms with van der Waals surface area (Å²) in [6.07, 6.45) is 1.54. The van der Waals surface area contributed by atoms with Gasteiger partial charge < -0.3 is 15.3 Å². The van der Waals surface area contributed by atoms with E-state index in [1.807, 2.05) is 20.8 Å². The largest absolute Gasteiger partial charge is 0.481 e. The Morgan fingerprint density at radius 3 is 2.20 bits per heavy atom. The van der Waals surface area contributed by atoms with Gasteiger partial charge >= 0.3 is 12.0 Å². The van der Waals surface area contributed by atoms with E-state index in [1.165, 1.54) is 0 Å². The van der Waals surface area contributed by atoms with Crippen LogP contribution >= 0.6 is 0 Å². The van der Waals surface area contributed by atoms with Crippen LogP contribution in [0.3, 0.4) is 0 Å². The normalized spacial score (nSPS) is 13.2. The predicted octanol–water partition coefficient (Wildman–Crippen LogP) is 2.95. The molecule has 2 N–H and O–H groups in total. The molecule has 0 aliphatic carbocycles. The summed E-state index contributed by atoms with van der Waals surface area (Å²) in [5, 5.41) is 11.8. The Balaban J connectivity index is 4.47. The van der Waals surface area contributed by atoms with Crippen LogP contribution in [0.5, 0.6) is 0 Å². The van der Waals surface area contributed by atoms with Crippen molar-refractivity contribution in [3.8, 4) is 0 Å². The first-order chi connectivity index (χ1) is 9.01. The second kappa shape index (κ2) is 8.12. The van der Waals surface area contributed by atoms with Crippen LogP contribution in [0.25, 0.3) is 0 Å². The minimum Gasteiger partial charge on any atom is -0.481 e. The molecule has 0 saturated carbocycles. The monoisotopic (exact) mass is 286 g/mol. The van der Waals surface area contributed by atoms with Crippen LogP contribution in [0.2, 0.25) is 0 Å². The highest BCUT2D eigenvalue weighted by Crippen LogP contribution is 2.22. The van der Waals surface area contributed by atoms with Gasteiger partial charge in [-0.1, -0.05) is 34.6 Å². The summed E-state index contributed by atoms with van der Waals surface area (Å²) in [5.74, 6) is -0.348. The molecule has 0 aromatic heterocycles. The molecule has 1 atom stereocenters. The summed E-state index contributed by atoms with van der Waals surface area (Å²) < 4.78 is 0. The van der Waals surface area contributed by atoms with E-state index in [2.05, 4.69) is 19.2 Å². The first-order valence-corrected chi connectivity index (χ1v) is 7.24. The van der Waals surface area contributed by atoms with Crippen molar-refractivity contribution in [3.05, 3.63) is 0 Å². The second-order valence-electron chi connectivity index (χ2n) is 7.11. The van der Waals surface area contributed by atoms with Gasteiger partial charge in [-0.15, -0.1) is 0 Å². The lowest BCUT2D eigenvalue weighted by Crippen LogP contribution is -2.45. The summed E-state index contributed by atoms with van der Waals surface area (Å²) in [5.41, 5.74) is -0.0239. The molecule has 0 saturated heterocycles. The van der Waals surface area contributed by atoms with Crippen LogP contribution in [0.4, 0.5) is 4.79 Å². The maximum atomic E-state index is 12.1. The van der Waals surface area contributed by atoms with Crippen molar-refractivity contribution in [3.63, 3.8) is 0 Å². The van der Waals surface area contributed by atoms with Crippen LogP contribution in [0.15, 0.2) is 0 Å². The van der Waals surface area contributed by atoms with E-state index >= 15 is 0 Å². The summed E-state index contributed by atoms with van der Waals surface area (Å²) in [4.78, 5) is 24.6. The first kappa shape index (κ1) is 18.7. The van der Waals surface area contributed by atoms with E-state index in [1.54, 1.807) is 11.9 Å². The summed E-state index contributed by atoms with van der Waals surface area (Å²) in [6.45, 7) is 11.0. The van der Waals surface area contributed by atoms with Gasteiger partial charge in [0.25, 0.3) is 0 Å². The fourth-order valence-electron chi connectivity index (χ4n) is 1.96. The van der Waals surface area contributed by atoms with E-state index in [0.29, 0.717) is 18.9 Å². The van der Waals surface area contributed by atoms with E-state index in [4.69, 9.17) is 5.11 Å². The quantitative estimate of drug-likeness (QED) is 0.756. The maximum absolute atomic E-state index is 12.1. The van der Waals surface area contributed by atoms with Crippen LogP contribution < -0.4 is 5.32 Å². The Kier molecular flexibility index (Phi) is 7.61. The number of carbonyl (C=O) groups excluding carboxylic acids is 1. The number of carboxylic acid groups (broad SMARTS) is 1. The minimum atomic E-state index is -0.885. The Hall–Kier alpha value is -1.26. The summed E-state index contributed by atoms with van der Waals surface area (Å²) in [7, 11) is 1.74. The van der Waals surface area contributed by atoms with E-state index in [-0.39, 0.29) is 23.9 Å². The molecular formula is C15H30N2O3. The van der Waals surface area contributed by atoms with E-state index in [9.17, 15) is 9.59 Å². The van der Waals surface area contributed by atoms with Gasteiger partial charge in [-0.25, -0.2) is 4.79 Å². The third-order valence-electron chi connectivity index (χ3n) is 3.00. The molecule has 0 aliphatic rings. The van der Waals surface area contributed by atoms with Crippen molar-refractivity contribution in [2.75, 3.05) is 13.6 Å². The van der Waals surface area contributed by atoms with Crippen molar-refractivity contribution >= 4 is 12.0 Å². The highest BCUT2D eigenvalue weighted by molar-refractivity contribution is 5.75. The molecule has 118 valence electrons. The lowest BCUT2D eigenvalue weighted by Gasteiger charge is -2.28. The molecule has 0 aliphatic heterocycles. The van der Waals surface area contributed by atoms with Crippen LogP contribution in [0, 0.1) is 11.3 Å². The number of hydrogen-bond donors (Lipinski definition) is 2. The van der Waals surface area contributed by atoms with Crippen molar-refractivity contribution in [2.45, 2.75) is 59.9 Å². The average molecular weight is 286 g/mol. The predicted molar refractivity (Wildman–Crippen MR) is 80.7 cm³/mol. The van der Waals surface area contributed by atoms with Gasteiger partial charge in [0.2, 0.25) is 0 Å². The molecule has 2 amide bonds. The van der Waals surface area contributed by atoms with E-state index < -0.39 is 5.97 Å². The zero-order chi connectivity index (χ0) is 15.9. The van der Waals surface area contributed by atoms with Gasteiger partial charge in [-0.05, 0) is 24.2 Å². The number of hydrogen-bond acceptors (Lipinski definition) is 2. The summed E-state index contributed by atoms with van der Waals surface area (Å²) in [6, 6.07) is -0.525. The van der Waals surface area contributed by atoms with Crippen molar-refractivity contribution in [1.29, 1.82) is 0 Å². The number of amides is 2. The Labute approximate surface area is 122 Å². The molecule has 0 radical (unpaired) electrons. The first-order valence-electron chi connectivity index (χ1n) is 7.24. The maximum Gasteiger partial charge on any atom is 0.317 e. The Morgan fingerprint density at radius 1 is 1.25 bits per heavy atom. The average Bonchev–Trinajstić information content (AvgIpc) is 2.21. The van der Waals surface area contributed by atoms with Crippen molar-refractivity contribution in [1.82, 2.24) is 10.2 Å². The molecule has 0 aromatic carbocycles. The molecule has 20 heavy (non-hydrogen) atoms. The fourth-order valence-corrected chi connectivity index (χ4v) is 1.96. The number of aliphatic carboxylic acids is 1. The number of rotatable bonds is 7. The smallest absolute Gasteiger partial charge is 0.317 e. The number of urea groups is 1. The van der Waals surface area contributed by atoms with Gasteiger partial charge in [-0.2, -0.15) is 0 Å². The molecule has 0 rings (SSSR count). The molecule has 0 fully saturated rings. The number of carbonyl (C=O) groups is 2. The third kappa shape index (κ3) is 9.64. The van der Waals surface area contributed by atoms with Crippen molar-refractivity contribution in [2.24, 2.45) is 11.3 Å². The highest BCUT2D eigenvalue weighted by atomic mass is 16.4. The molecule has 0 heterocycles. The topological polar surface area (TPSA) is 69.6 Å². The fraction of sp³-hybridized carbons (Fsp3) is 0.867. The molecular weight excluding hydrogens is 256 g/mol. The molecule has 5 heteroatoms. The number of nitrogens with zero attached hydrogens (tertiary/aromatic N) is 1. The zero-order valence-electron chi connectivity index (χ0n) is 13.7. The highest BCUT2D eigenvalue weighted by Gasteiger charge is 2.23. The van der Waals surface area contributed by atoms with Gasteiger partial charge in [0.05, 0.1) is 6.42 Å². The lowest BCUT2D eigenvalue weighted by atomic mass is 9.87. The van der Waals surface area contributed by atoms with Gasteiger partial charge in [-0.3, -0.25) is 4.79 Å². The van der Waals surface area contributed by atoms with Crippen molar-refractivity contribution < 1.29 is 14.7 Å². The van der Waals surface area contributed by atoms with Gasteiger partial charge in [0.1, 0.15) is 0 Å². The standard InChI is InChI=1S/C15H30N2O3/c1-11(2)7-8-17(6)14(20)16-12(9-13(18)19)10-15(3,4)5/h11-12H,7-10H2,1-6H3,(H,16,20)(H,18,19). The Morgan fingerprint density at radius 2 is 1.80 bits per heavy atom. The molecule has 0 bridgehead atoms. The van der Waals surface area contributed by atoms with E-state index in [0.717, 1.165) is 6.42 Å². The number of carboxylic acids is 1. The van der Waals surface area contributed by atoms with Crippen LogP contribution in [-0.2, 0) is 4.79 Å². The lowest BCUT2D eigenvalue weighted by molar-refractivity contribution is -0.137. The molecule has 0 spiro atoms. The molecule has 0 aromatic rings. The third-order valence-corrected chi connectivity index (χ3v) is 3.00. The summed E-state index contributed by atoms with van der Waals surface area (Å²) >= 11 is 0. The minimum absolute atomic E-state index is 0.0239. The van der Waals surface area contributed by atoms with Crippen LogP contribution in [0.1, 0.15) is 53.9 Å². The van der Waals surface area contributed by atoms with Gasteiger partial charge in [0.15, 0.2) is 0 Å².